The van der Waals surface area contributed by atoms with Gasteiger partial charge in [-0.05, 0) is 33.1 Å². The number of ether oxygens (including phenoxy) is 1. The minimum Gasteiger partial charge on any atom is -0.380 e. The molecule has 2 unspecified atom stereocenters. The molecule has 1 N–H and O–H groups in total. The zero-order chi connectivity index (χ0) is 11.8. The molecular weight excluding hydrogens is 204 g/mol. The van der Waals surface area contributed by atoms with Gasteiger partial charge in [-0.1, -0.05) is 6.92 Å². The minimum atomic E-state index is -0.193. The molecule has 92 valence electrons. The van der Waals surface area contributed by atoms with Crippen LogP contribution in [0.4, 0.5) is 0 Å². The molecule has 2 fully saturated rings. The first-order valence-electron chi connectivity index (χ1n) is 6.33. The van der Waals surface area contributed by atoms with Crippen molar-refractivity contribution in [2.45, 2.75) is 57.8 Å². The molecule has 0 aromatic rings. The molecule has 1 aliphatic carbocycles. The van der Waals surface area contributed by atoms with Crippen molar-refractivity contribution in [1.82, 2.24) is 10.2 Å². The van der Waals surface area contributed by atoms with Crippen LogP contribution in [0.25, 0.3) is 0 Å². The molecule has 0 aromatic heterocycles. The normalized spacial score (nSPS) is 28.8. The largest absolute Gasteiger partial charge is 0.380 e. The fraction of sp³-hybridized carbons (Fsp3) is 0.917. The van der Waals surface area contributed by atoms with E-state index in [1.165, 1.54) is 0 Å². The first-order valence-corrected chi connectivity index (χ1v) is 6.33. The number of carbonyl (C=O) groups excluding carboxylic acids is 1. The number of nitrogens with one attached hydrogen (secondary N) is 1. The maximum atomic E-state index is 12.3. The van der Waals surface area contributed by atoms with Gasteiger partial charge in [0.25, 0.3) is 0 Å². The Morgan fingerprint density at radius 1 is 1.56 bits per heavy atom. The molecule has 4 nitrogen and oxygen atoms in total. The lowest BCUT2D eigenvalue weighted by Gasteiger charge is -2.29. The molecule has 0 bridgehead atoms. The van der Waals surface area contributed by atoms with E-state index in [1.54, 1.807) is 0 Å². The number of nitrogens with zero attached hydrogens (tertiary/aromatic N) is 1. The Morgan fingerprint density at radius 2 is 2.25 bits per heavy atom. The Morgan fingerprint density at radius 3 is 2.75 bits per heavy atom. The quantitative estimate of drug-likeness (QED) is 0.763. The van der Waals surface area contributed by atoms with Gasteiger partial charge in [0.15, 0.2) is 0 Å². The summed E-state index contributed by atoms with van der Waals surface area (Å²) in [6.07, 6.45) is 3.16. The third kappa shape index (κ3) is 1.84. The summed E-state index contributed by atoms with van der Waals surface area (Å²) in [7, 11) is 0. The van der Waals surface area contributed by atoms with Crippen LogP contribution in [0.5, 0.6) is 0 Å². The highest BCUT2D eigenvalue weighted by Crippen LogP contribution is 2.43. The summed E-state index contributed by atoms with van der Waals surface area (Å²) in [5, 5.41) is 3.47. The number of rotatable bonds is 5. The van der Waals surface area contributed by atoms with Gasteiger partial charge in [0.2, 0.25) is 5.91 Å². The molecule has 1 spiro atoms. The van der Waals surface area contributed by atoms with Crippen LogP contribution in [-0.2, 0) is 9.53 Å². The van der Waals surface area contributed by atoms with E-state index >= 15 is 0 Å². The van der Waals surface area contributed by atoms with Crippen LogP contribution < -0.4 is 5.32 Å². The fourth-order valence-electron chi connectivity index (χ4n) is 2.50. The third-order valence-electron chi connectivity index (χ3n) is 3.60. The van der Waals surface area contributed by atoms with E-state index in [2.05, 4.69) is 19.2 Å². The van der Waals surface area contributed by atoms with Gasteiger partial charge in [-0.25, -0.2) is 0 Å². The summed E-state index contributed by atoms with van der Waals surface area (Å²) < 4.78 is 5.42. The maximum Gasteiger partial charge on any atom is 0.244 e. The zero-order valence-electron chi connectivity index (χ0n) is 10.5. The van der Waals surface area contributed by atoms with Crippen molar-refractivity contribution in [3.63, 3.8) is 0 Å². The van der Waals surface area contributed by atoms with Gasteiger partial charge in [-0.3, -0.25) is 10.1 Å². The molecule has 1 amide bonds. The molecule has 1 aliphatic heterocycles. The summed E-state index contributed by atoms with van der Waals surface area (Å²) in [5.74, 6) is 0.284. The lowest BCUT2D eigenvalue weighted by atomic mass is 10.2. The average molecular weight is 226 g/mol. The van der Waals surface area contributed by atoms with Crippen LogP contribution >= 0.6 is 0 Å². The van der Waals surface area contributed by atoms with Crippen molar-refractivity contribution in [2.75, 3.05) is 13.2 Å². The lowest BCUT2D eigenvalue weighted by molar-refractivity contribution is -0.134. The average Bonchev–Trinajstić information content (AvgIpc) is 2.99. The van der Waals surface area contributed by atoms with Crippen molar-refractivity contribution in [3.05, 3.63) is 0 Å². The SMILES string of the molecule is CCOCC(C)N1C(=O)C2(CC2)NC1CC. The molecule has 4 heteroatoms. The van der Waals surface area contributed by atoms with Gasteiger partial charge >= 0.3 is 0 Å². The molecule has 16 heavy (non-hydrogen) atoms. The Bertz CT molecular complexity index is 276. The second kappa shape index (κ2) is 4.34. The Hall–Kier alpha value is -0.610. The first-order chi connectivity index (χ1) is 7.64. The molecule has 2 atom stereocenters. The number of hydrogen-bond acceptors (Lipinski definition) is 3. The third-order valence-corrected chi connectivity index (χ3v) is 3.60. The predicted octanol–water partition coefficient (Wildman–Crippen LogP) is 1.11. The van der Waals surface area contributed by atoms with E-state index < -0.39 is 0 Å². The van der Waals surface area contributed by atoms with Crippen molar-refractivity contribution < 1.29 is 9.53 Å². The van der Waals surface area contributed by atoms with E-state index in [4.69, 9.17) is 4.74 Å². The fourth-order valence-corrected chi connectivity index (χ4v) is 2.50. The second-order valence-corrected chi connectivity index (χ2v) is 4.87. The van der Waals surface area contributed by atoms with E-state index in [0.29, 0.717) is 13.2 Å². The second-order valence-electron chi connectivity index (χ2n) is 4.87. The Kier molecular flexibility index (Phi) is 3.22. The maximum absolute atomic E-state index is 12.3. The van der Waals surface area contributed by atoms with Crippen molar-refractivity contribution in [2.24, 2.45) is 0 Å². The molecular formula is C12H22N2O2. The molecule has 2 aliphatic rings. The van der Waals surface area contributed by atoms with Crippen LogP contribution in [0.1, 0.15) is 40.0 Å². The summed E-state index contributed by atoms with van der Waals surface area (Å²) >= 11 is 0. The smallest absolute Gasteiger partial charge is 0.244 e. The van der Waals surface area contributed by atoms with Gasteiger partial charge in [0.05, 0.1) is 24.4 Å². The van der Waals surface area contributed by atoms with E-state index in [9.17, 15) is 4.79 Å². The van der Waals surface area contributed by atoms with Crippen LogP contribution in [-0.4, -0.2) is 41.8 Å². The molecule has 1 saturated heterocycles. The van der Waals surface area contributed by atoms with Crippen molar-refractivity contribution in [1.29, 1.82) is 0 Å². The van der Waals surface area contributed by atoms with Gasteiger partial charge < -0.3 is 9.64 Å². The topological polar surface area (TPSA) is 41.6 Å². The van der Waals surface area contributed by atoms with Crippen LogP contribution in [0.2, 0.25) is 0 Å². The van der Waals surface area contributed by atoms with Gasteiger partial charge in [0.1, 0.15) is 0 Å². The van der Waals surface area contributed by atoms with Crippen molar-refractivity contribution in [3.8, 4) is 0 Å². The number of carbonyl (C=O) groups is 1. The summed E-state index contributed by atoms with van der Waals surface area (Å²) in [6.45, 7) is 7.51. The standard InChI is InChI=1S/C12H22N2O2/c1-4-10-13-12(6-7-12)11(15)14(10)9(3)8-16-5-2/h9-10,13H,4-8H2,1-3H3. The Balaban J connectivity index is 2.03. The highest BCUT2D eigenvalue weighted by molar-refractivity contribution is 5.92. The zero-order valence-corrected chi connectivity index (χ0v) is 10.5. The minimum absolute atomic E-state index is 0.171. The molecule has 0 aromatic carbocycles. The first kappa shape index (κ1) is 11.9. The van der Waals surface area contributed by atoms with Gasteiger partial charge in [-0.2, -0.15) is 0 Å². The Labute approximate surface area is 97.3 Å². The monoisotopic (exact) mass is 226 g/mol. The van der Waals surface area contributed by atoms with Crippen LogP contribution in [0, 0.1) is 0 Å². The highest BCUT2D eigenvalue weighted by Gasteiger charge is 2.59. The number of amides is 1. The summed E-state index contributed by atoms with van der Waals surface area (Å²) in [5.41, 5.74) is -0.193. The summed E-state index contributed by atoms with van der Waals surface area (Å²) in [4.78, 5) is 14.3. The predicted molar refractivity (Wildman–Crippen MR) is 62.0 cm³/mol. The lowest BCUT2D eigenvalue weighted by Crippen LogP contribution is -2.45. The summed E-state index contributed by atoms with van der Waals surface area (Å²) in [6, 6.07) is 0.171. The van der Waals surface area contributed by atoms with E-state index in [-0.39, 0.29) is 23.7 Å². The molecule has 1 saturated carbocycles. The van der Waals surface area contributed by atoms with Gasteiger partial charge in [0, 0.05) is 6.61 Å². The highest BCUT2D eigenvalue weighted by atomic mass is 16.5. The molecule has 1 heterocycles. The van der Waals surface area contributed by atoms with E-state index in [0.717, 1.165) is 19.3 Å². The van der Waals surface area contributed by atoms with Crippen LogP contribution in [0.3, 0.4) is 0 Å². The number of hydrogen-bond donors (Lipinski definition) is 1. The van der Waals surface area contributed by atoms with E-state index in [1.807, 2.05) is 11.8 Å². The van der Waals surface area contributed by atoms with Crippen molar-refractivity contribution >= 4 is 5.91 Å². The van der Waals surface area contributed by atoms with Gasteiger partial charge in [-0.15, -0.1) is 0 Å². The van der Waals surface area contributed by atoms with Crippen LogP contribution in [0.15, 0.2) is 0 Å². The molecule has 0 radical (unpaired) electrons. The molecule has 2 rings (SSSR count).